The Balaban J connectivity index is 1.07. The zero-order valence-electron chi connectivity index (χ0n) is 27.4. The van der Waals surface area contributed by atoms with Crippen LogP contribution in [0.5, 0.6) is 0 Å². The van der Waals surface area contributed by atoms with E-state index in [4.69, 9.17) is 14.4 Å². The van der Waals surface area contributed by atoms with Gasteiger partial charge in [-0.3, -0.25) is 0 Å². The standard InChI is InChI=1S/C46H32N2OS/c1-3-12-28(13-4-1)45-47-42(44-43(48-45)34-15-6-8-19-40(34)50-44)30-21-23-38-35(26-30)32-22-20-29(27-39(32)49-38)31-16-11-18-37-41(31)33-14-5-7-17-36(33)46(37)24-9-2-10-25-46/h1,3-8,11-23,26-27H,2,9-10,24-25H2. The molecule has 1 fully saturated rings. The van der Waals surface area contributed by atoms with Gasteiger partial charge in [0.1, 0.15) is 11.2 Å². The molecule has 11 rings (SSSR count). The summed E-state index contributed by atoms with van der Waals surface area (Å²) in [4.78, 5) is 10.3. The van der Waals surface area contributed by atoms with Crippen molar-refractivity contribution in [3.05, 3.63) is 145 Å². The number of benzene rings is 6. The first kappa shape index (κ1) is 28.3. The van der Waals surface area contributed by atoms with Gasteiger partial charge in [0.2, 0.25) is 0 Å². The topological polar surface area (TPSA) is 38.9 Å². The highest BCUT2D eigenvalue weighted by Gasteiger charge is 2.44. The van der Waals surface area contributed by atoms with Crippen molar-refractivity contribution in [3.8, 4) is 44.9 Å². The summed E-state index contributed by atoms with van der Waals surface area (Å²) < 4.78 is 8.93. The quantitative estimate of drug-likeness (QED) is 0.189. The molecule has 6 aromatic carbocycles. The van der Waals surface area contributed by atoms with Crippen LogP contribution in [0, 0.1) is 0 Å². The molecule has 50 heavy (non-hydrogen) atoms. The van der Waals surface area contributed by atoms with Crippen molar-refractivity contribution in [2.45, 2.75) is 37.5 Å². The molecule has 238 valence electrons. The van der Waals surface area contributed by atoms with Gasteiger partial charge < -0.3 is 4.42 Å². The van der Waals surface area contributed by atoms with Crippen molar-refractivity contribution in [2.24, 2.45) is 0 Å². The Hall–Kier alpha value is -5.58. The highest BCUT2D eigenvalue weighted by Crippen LogP contribution is 2.58. The van der Waals surface area contributed by atoms with Crippen LogP contribution >= 0.6 is 11.3 Å². The summed E-state index contributed by atoms with van der Waals surface area (Å²) in [5.41, 5.74) is 14.3. The van der Waals surface area contributed by atoms with Crippen molar-refractivity contribution in [1.82, 2.24) is 9.97 Å². The van der Waals surface area contributed by atoms with E-state index in [1.54, 1.807) is 11.3 Å². The molecule has 1 spiro atoms. The van der Waals surface area contributed by atoms with Crippen LogP contribution in [-0.4, -0.2) is 9.97 Å². The molecule has 0 saturated heterocycles. The summed E-state index contributed by atoms with van der Waals surface area (Å²) in [7, 11) is 0. The van der Waals surface area contributed by atoms with Crippen LogP contribution in [0.1, 0.15) is 43.2 Å². The van der Waals surface area contributed by atoms with Gasteiger partial charge in [-0.05, 0) is 82.6 Å². The van der Waals surface area contributed by atoms with E-state index in [1.807, 2.05) is 18.2 Å². The van der Waals surface area contributed by atoms with E-state index in [2.05, 4.69) is 115 Å². The van der Waals surface area contributed by atoms with Crippen molar-refractivity contribution in [3.63, 3.8) is 0 Å². The monoisotopic (exact) mass is 660 g/mol. The summed E-state index contributed by atoms with van der Waals surface area (Å²) in [6.45, 7) is 0. The minimum absolute atomic E-state index is 0.140. The summed E-state index contributed by atoms with van der Waals surface area (Å²) in [6.07, 6.45) is 6.39. The summed E-state index contributed by atoms with van der Waals surface area (Å²) in [5, 5.41) is 3.38. The second-order valence-corrected chi connectivity index (χ2v) is 15.0. The van der Waals surface area contributed by atoms with Crippen LogP contribution in [0.3, 0.4) is 0 Å². The second kappa shape index (κ2) is 10.7. The molecule has 9 aromatic rings. The Kier molecular flexibility index (Phi) is 6.06. The maximum Gasteiger partial charge on any atom is 0.160 e. The van der Waals surface area contributed by atoms with Crippen LogP contribution < -0.4 is 0 Å². The third-order valence-corrected chi connectivity index (χ3v) is 12.5. The van der Waals surface area contributed by atoms with Gasteiger partial charge in [0.25, 0.3) is 0 Å². The first-order valence-corrected chi connectivity index (χ1v) is 18.5. The summed E-state index contributed by atoms with van der Waals surface area (Å²) in [6, 6.07) is 48.2. The van der Waals surface area contributed by atoms with E-state index >= 15 is 0 Å². The molecule has 3 nitrogen and oxygen atoms in total. The van der Waals surface area contributed by atoms with Gasteiger partial charge in [-0.15, -0.1) is 11.3 Å². The van der Waals surface area contributed by atoms with Crippen LogP contribution in [0.4, 0.5) is 0 Å². The van der Waals surface area contributed by atoms with Crippen molar-refractivity contribution in [1.29, 1.82) is 0 Å². The normalized spacial score (nSPS) is 15.0. The predicted octanol–water partition coefficient (Wildman–Crippen LogP) is 13.0. The molecule has 0 aliphatic heterocycles. The van der Waals surface area contributed by atoms with Crippen LogP contribution in [-0.2, 0) is 5.41 Å². The summed E-state index contributed by atoms with van der Waals surface area (Å²) in [5.74, 6) is 0.741. The van der Waals surface area contributed by atoms with E-state index in [9.17, 15) is 0 Å². The third-order valence-electron chi connectivity index (χ3n) is 11.3. The predicted molar refractivity (Wildman–Crippen MR) is 208 cm³/mol. The van der Waals surface area contributed by atoms with Gasteiger partial charge in [-0.25, -0.2) is 9.97 Å². The number of hydrogen-bond acceptors (Lipinski definition) is 4. The minimum Gasteiger partial charge on any atom is -0.456 e. The molecule has 0 N–H and O–H groups in total. The minimum atomic E-state index is 0.140. The van der Waals surface area contributed by atoms with Gasteiger partial charge in [0.15, 0.2) is 5.82 Å². The van der Waals surface area contributed by atoms with Gasteiger partial charge >= 0.3 is 0 Å². The molecule has 2 aliphatic rings. The number of rotatable bonds is 3. The van der Waals surface area contributed by atoms with E-state index in [0.29, 0.717) is 0 Å². The Labute approximate surface area is 293 Å². The molecule has 0 radical (unpaired) electrons. The molecule has 4 heteroatoms. The maximum atomic E-state index is 6.60. The molecular weight excluding hydrogens is 629 g/mol. The fourth-order valence-corrected chi connectivity index (χ4v) is 10.2. The average molecular weight is 661 g/mol. The molecule has 3 aromatic heterocycles. The Morgan fingerprint density at radius 3 is 2.24 bits per heavy atom. The number of nitrogens with zero attached hydrogens (tertiary/aromatic N) is 2. The van der Waals surface area contributed by atoms with E-state index in [-0.39, 0.29) is 5.41 Å². The van der Waals surface area contributed by atoms with E-state index < -0.39 is 0 Å². The van der Waals surface area contributed by atoms with Gasteiger partial charge in [0, 0.05) is 37.4 Å². The second-order valence-electron chi connectivity index (χ2n) is 14.0. The number of thiophene rings is 1. The smallest absolute Gasteiger partial charge is 0.160 e. The molecule has 0 amide bonds. The van der Waals surface area contributed by atoms with E-state index in [1.165, 1.54) is 75.6 Å². The highest BCUT2D eigenvalue weighted by molar-refractivity contribution is 7.26. The SMILES string of the molecule is c1ccc(-c2nc(-c3ccc4oc5cc(-c6cccc7c6-c6ccccc6C76CCCCC6)ccc5c4c3)c3sc4ccccc4c3n2)cc1. The molecule has 1 saturated carbocycles. The third kappa shape index (κ3) is 4.03. The van der Waals surface area contributed by atoms with Crippen LogP contribution in [0.2, 0.25) is 0 Å². The number of furan rings is 1. The molecule has 0 bridgehead atoms. The number of aromatic nitrogens is 2. The highest BCUT2D eigenvalue weighted by atomic mass is 32.1. The lowest BCUT2D eigenvalue weighted by Crippen LogP contribution is -2.27. The summed E-state index contributed by atoms with van der Waals surface area (Å²) >= 11 is 1.76. The Bertz CT molecular complexity index is 2800. The molecule has 2 aliphatic carbocycles. The molecule has 3 heterocycles. The number of hydrogen-bond donors (Lipinski definition) is 0. The van der Waals surface area contributed by atoms with E-state index in [0.717, 1.165) is 54.8 Å². The fourth-order valence-electron chi connectivity index (χ4n) is 9.03. The Morgan fingerprint density at radius 1 is 0.540 bits per heavy atom. The zero-order chi connectivity index (χ0) is 32.8. The van der Waals surface area contributed by atoms with Crippen molar-refractivity contribution < 1.29 is 4.42 Å². The molecule has 0 atom stereocenters. The van der Waals surface area contributed by atoms with Gasteiger partial charge in [0.05, 0.1) is 15.9 Å². The van der Waals surface area contributed by atoms with Crippen molar-refractivity contribution in [2.75, 3.05) is 0 Å². The van der Waals surface area contributed by atoms with Crippen LogP contribution in [0.15, 0.2) is 138 Å². The average Bonchev–Trinajstić information content (AvgIpc) is 3.83. The fraction of sp³-hybridized carbons (Fsp3) is 0.130. The first-order chi connectivity index (χ1) is 24.7. The lowest BCUT2D eigenvalue weighted by Gasteiger charge is -2.36. The lowest BCUT2D eigenvalue weighted by molar-refractivity contribution is 0.353. The molecule has 0 unspecified atom stereocenters. The molecular formula is C46H32N2OS. The number of fused-ring (bicyclic) bond motifs is 11. The van der Waals surface area contributed by atoms with Gasteiger partial charge in [-0.2, -0.15) is 0 Å². The first-order valence-electron chi connectivity index (χ1n) is 17.7. The van der Waals surface area contributed by atoms with Crippen LogP contribution in [0.25, 0.3) is 87.1 Å². The largest absolute Gasteiger partial charge is 0.456 e. The maximum absolute atomic E-state index is 6.60. The Morgan fingerprint density at radius 2 is 1.32 bits per heavy atom. The van der Waals surface area contributed by atoms with Gasteiger partial charge in [-0.1, -0.05) is 116 Å². The van der Waals surface area contributed by atoms with Crippen molar-refractivity contribution >= 4 is 53.6 Å². The zero-order valence-corrected chi connectivity index (χ0v) is 28.3. The lowest BCUT2D eigenvalue weighted by atomic mass is 9.68.